The molecule has 0 aromatic heterocycles. The maximum atomic E-state index is 15.8. The number of amides is 3. The highest BCUT2D eigenvalue weighted by atomic mass is 28.3. The van der Waals surface area contributed by atoms with Gasteiger partial charge in [0.05, 0.1) is 71.5 Å². The third kappa shape index (κ3) is 9.55. The van der Waals surface area contributed by atoms with Crippen molar-refractivity contribution >= 4 is 54.0 Å². The Hall–Kier alpha value is -5.58. The Balaban J connectivity index is 1.24. The lowest BCUT2D eigenvalue weighted by atomic mass is 9.82. The van der Waals surface area contributed by atoms with Crippen LogP contribution in [0.4, 0.5) is 17.1 Å². The summed E-state index contributed by atoms with van der Waals surface area (Å²) in [5, 5.41) is 24.7. The topological polar surface area (TPSA) is 167 Å². The Labute approximate surface area is 406 Å². The van der Waals surface area contributed by atoms with Gasteiger partial charge in [-0.15, -0.1) is 0 Å². The summed E-state index contributed by atoms with van der Waals surface area (Å²) in [4.78, 5) is 63.0. The Kier molecular flexibility index (Phi) is 15.3. The number of esters is 1. The second-order valence-electron chi connectivity index (χ2n) is 19.4. The number of anilines is 3. The number of ether oxygens (including phenoxy) is 4. The molecule has 368 valence electrons. The summed E-state index contributed by atoms with van der Waals surface area (Å²) in [6, 6.07) is 26.6. The molecule has 4 aliphatic rings. The predicted octanol–water partition coefficient (Wildman–Crippen LogP) is 6.29. The smallest absolute Gasteiger partial charge is 0.305 e. The molecule has 1 spiro atoms. The average Bonchev–Trinajstić information content (AvgIpc) is 3.78. The van der Waals surface area contributed by atoms with Gasteiger partial charge in [0, 0.05) is 43.3 Å². The van der Waals surface area contributed by atoms with Crippen LogP contribution in [0.1, 0.15) is 74.6 Å². The molecule has 4 aromatic carbocycles. The number of rotatable bonds is 19. The molecule has 14 nitrogen and oxygen atoms in total. The minimum Gasteiger partial charge on any atom is -0.497 e. The Morgan fingerprint density at radius 2 is 1.61 bits per heavy atom. The molecule has 4 aromatic rings. The van der Waals surface area contributed by atoms with Gasteiger partial charge in [-0.25, -0.2) is 0 Å². The van der Waals surface area contributed by atoms with Crippen LogP contribution in [-0.4, -0.2) is 112 Å². The molecule has 1 fully saturated rings. The summed E-state index contributed by atoms with van der Waals surface area (Å²) in [5.41, 5.74) is 3.84. The van der Waals surface area contributed by atoms with E-state index in [1.807, 2.05) is 79.7 Å². The van der Waals surface area contributed by atoms with Crippen molar-refractivity contribution in [3.8, 4) is 11.5 Å². The molecule has 1 saturated heterocycles. The molecule has 6 atom stereocenters. The van der Waals surface area contributed by atoms with E-state index in [4.69, 9.17) is 18.9 Å². The number of nitrogens with one attached hydrogen (secondary N) is 1. The molecule has 8 rings (SSSR count). The van der Waals surface area contributed by atoms with Gasteiger partial charge in [-0.1, -0.05) is 61.6 Å². The van der Waals surface area contributed by atoms with Gasteiger partial charge in [0.15, 0.2) is 5.60 Å². The molecule has 3 N–H and O–H groups in total. The van der Waals surface area contributed by atoms with Crippen molar-refractivity contribution in [3.63, 3.8) is 0 Å². The number of unbranched alkanes of at least 4 members (excludes halogenated alkanes) is 2. The number of benzene rings is 4. The van der Waals surface area contributed by atoms with Crippen LogP contribution in [-0.2, 0) is 53.6 Å². The highest BCUT2D eigenvalue weighted by Crippen LogP contribution is 2.61. The van der Waals surface area contributed by atoms with Gasteiger partial charge in [0.2, 0.25) is 11.8 Å². The van der Waals surface area contributed by atoms with Crippen molar-refractivity contribution < 1.29 is 48.3 Å². The van der Waals surface area contributed by atoms with Crippen molar-refractivity contribution in [2.24, 2.45) is 5.92 Å². The first-order chi connectivity index (χ1) is 33.3. The maximum absolute atomic E-state index is 15.8. The van der Waals surface area contributed by atoms with Crippen LogP contribution < -0.4 is 29.8 Å². The molecule has 0 bridgehead atoms. The fourth-order valence-electron chi connectivity index (χ4n) is 11.6. The normalized spacial score (nSPS) is 23.0. The summed E-state index contributed by atoms with van der Waals surface area (Å²) in [6.45, 7) is 10.1. The summed E-state index contributed by atoms with van der Waals surface area (Å²) in [6.07, 6.45) is 2.82. The van der Waals surface area contributed by atoms with Crippen molar-refractivity contribution in [2.45, 2.75) is 114 Å². The highest BCUT2D eigenvalue weighted by molar-refractivity contribution is 6.91. The largest absolute Gasteiger partial charge is 0.497 e. The van der Waals surface area contributed by atoms with Gasteiger partial charge >= 0.3 is 5.97 Å². The van der Waals surface area contributed by atoms with Crippen LogP contribution in [0.15, 0.2) is 84.9 Å². The number of hydrogen-bond acceptors (Lipinski definition) is 11. The Bertz CT molecular complexity index is 2520. The Morgan fingerprint density at radius 3 is 2.32 bits per heavy atom. The summed E-state index contributed by atoms with van der Waals surface area (Å²) in [7, 11) is 0.312. The predicted molar refractivity (Wildman–Crippen MR) is 267 cm³/mol. The molecule has 15 heteroatoms. The second-order valence-corrected chi connectivity index (χ2v) is 24.1. The lowest BCUT2D eigenvalue weighted by molar-refractivity contribution is -0.151. The van der Waals surface area contributed by atoms with E-state index in [-0.39, 0.29) is 55.3 Å². The van der Waals surface area contributed by atoms with Gasteiger partial charge in [0.1, 0.15) is 11.5 Å². The first-order valence-electron chi connectivity index (χ1n) is 24.6. The standard InChI is InChI=1S/C54H68N4O10Si/c1-7-67-42-20-24-46-38(29-42)30-45(55-25-11-13-27-59)52(63)58(46)39-17-23-47-44(31-39)54(53(64)56(47)26-12-10-16-50(62)66-4)35(2)51(69(5,6)43-21-18-41(65-3)19-22-43)48(68-54)32-49(61)57-33-37-15-9-8-14-36(37)28-40(57)34-60/h8-9,14-15,17-24,29,31,35,40,45,48,51,55,59-60H,7,10-13,16,25-28,30,32-34H2,1-6H3/t35-,40-,45?,48+,51-,54+/m0/s1. The van der Waals surface area contributed by atoms with Gasteiger partial charge in [-0.2, -0.15) is 0 Å². The third-order valence-corrected chi connectivity index (χ3v) is 19.5. The molecular weight excluding hydrogens is 893 g/mol. The van der Waals surface area contributed by atoms with Crippen LogP contribution >= 0.6 is 0 Å². The van der Waals surface area contributed by atoms with E-state index in [9.17, 15) is 24.6 Å². The van der Waals surface area contributed by atoms with Crippen LogP contribution in [0.25, 0.3) is 0 Å². The molecule has 1 unspecified atom stereocenters. The SMILES string of the molecule is CCOc1ccc2c(c1)CC(NCCCCO)C(=O)N2c1ccc2c(c1)[C@@]1(O[C@H](CC(=O)N3Cc4ccccc4C[C@H]3CO)[C@@H]([Si](C)(C)c3ccc(OC)cc3)[C@@H]1C)C(=O)N2CCCCC(=O)OC. The summed E-state index contributed by atoms with van der Waals surface area (Å²) < 4.78 is 23.9. The fourth-order valence-corrected chi connectivity index (χ4v) is 15.6. The molecule has 4 heterocycles. The number of nitrogens with zero attached hydrogens (tertiary/aromatic N) is 3. The fraction of sp³-hybridized carbons (Fsp3) is 0.481. The molecule has 0 radical (unpaired) electrons. The van der Waals surface area contributed by atoms with Crippen LogP contribution in [0.5, 0.6) is 11.5 Å². The maximum Gasteiger partial charge on any atom is 0.305 e. The van der Waals surface area contributed by atoms with Crippen molar-refractivity contribution in [3.05, 3.63) is 107 Å². The quantitative estimate of drug-likeness (QED) is 0.0550. The van der Waals surface area contributed by atoms with E-state index in [1.165, 1.54) is 7.11 Å². The molecule has 4 aliphatic heterocycles. The number of hydrogen-bond donors (Lipinski definition) is 3. The van der Waals surface area contributed by atoms with Crippen LogP contribution in [0, 0.1) is 5.92 Å². The number of aliphatic hydroxyl groups excluding tert-OH is 2. The lowest BCUT2D eigenvalue weighted by Gasteiger charge is -2.39. The van der Waals surface area contributed by atoms with E-state index >= 15 is 4.79 Å². The van der Waals surface area contributed by atoms with Crippen molar-refractivity contribution in [1.29, 1.82) is 0 Å². The van der Waals surface area contributed by atoms with Crippen LogP contribution in [0.2, 0.25) is 18.6 Å². The third-order valence-electron chi connectivity index (χ3n) is 15.1. The molecular formula is C54H68N4O10Si. The number of fused-ring (bicyclic) bond motifs is 4. The zero-order chi connectivity index (χ0) is 49.0. The molecule has 69 heavy (non-hydrogen) atoms. The van der Waals surface area contributed by atoms with E-state index in [1.54, 1.807) is 21.8 Å². The number of carbonyl (C=O) groups is 4. The zero-order valence-electron chi connectivity index (χ0n) is 40.9. The first kappa shape index (κ1) is 49.8. The van der Waals surface area contributed by atoms with Gasteiger partial charge in [0.25, 0.3) is 5.91 Å². The summed E-state index contributed by atoms with van der Waals surface area (Å²) >= 11 is 0. The molecule has 0 aliphatic carbocycles. The van der Waals surface area contributed by atoms with Gasteiger partial charge in [-0.3, -0.25) is 24.1 Å². The van der Waals surface area contributed by atoms with E-state index in [0.717, 1.165) is 27.6 Å². The van der Waals surface area contributed by atoms with Crippen molar-refractivity contribution in [2.75, 3.05) is 56.9 Å². The minimum absolute atomic E-state index is 0.00672. The number of aliphatic hydroxyl groups is 2. The second kappa shape index (κ2) is 21.2. The molecule has 0 saturated carbocycles. The minimum atomic E-state index is -2.69. The lowest BCUT2D eigenvalue weighted by Crippen LogP contribution is -2.52. The number of methoxy groups -OCH3 is 2. The first-order valence-corrected chi connectivity index (χ1v) is 27.7. The molecule has 3 amide bonds. The zero-order valence-corrected chi connectivity index (χ0v) is 41.9. The monoisotopic (exact) mass is 960 g/mol. The van der Waals surface area contributed by atoms with E-state index in [2.05, 4.69) is 37.5 Å². The summed E-state index contributed by atoms with van der Waals surface area (Å²) in [5.74, 6) is 0.119. The van der Waals surface area contributed by atoms with E-state index < -0.39 is 37.8 Å². The van der Waals surface area contributed by atoms with Gasteiger partial charge in [-0.05, 0) is 123 Å². The number of carbonyl (C=O) groups excluding carboxylic acids is 4. The average molecular weight is 961 g/mol. The highest BCUT2D eigenvalue weighted by Gasteiger charge is 2.66. The van der Waals surface area contributed by atoms with Crippen LogP contribution in [0.3, 0.4) is 0 Å². The van der Waals surface area contributed by atoms with Crippen molar-refractivity contribution in [1.82, 2.24) is 10.2 Å². The van der Waals surface area contributed by atoms with E-state index in [0.29, 0.717) is 93.1 Å². The van der Waals surface area contributed by atoms with Gasteiger partial charge < -0.3 is 44.3 Å². The Morgan fingerprint density at radius 1 is 0.870 bits per heavy atom.